The molecule has 25 heavy (non-hydrogen) atoms. The van der Waals surface area contributed by atoms with Crippen LogP contribution in [0.25, 0.3) is 0 Å². The van der Waals surface area contributed by atoms with Crippen molar-refractivity contribution in [1.82, 2.24) is 0 Å². The molecule has 0 atom stereocenters. The van der Waals surface area contributed by atoms with Gasteiger partial charge in [-0.15, -0.1) is 0 Å². The summed E-state index contributed by atoms with van der Waals surface area (Å²) in [5.41, 5.74) is 1.27. The summed E-state index contributed by atoms with van der Waals surface area (Å²) in [6.07, 6.45) is 0. The van der Waals surface area contributed by atoms with Crippen molar-refractivity contribution in [3.05, 3.63) is 102 Å². The average molecular weight is 410 g/mol. The summed E-state index contributed by atoms with van der Waals surface area (Å²) >= 11 is 12.1. The molecule has 0 aliphatic carbocycles. The van der Waals surface area contributed by atoms with Crippen molar-refractivity contribution >= 4 is 46.6 Å². The third-order valence-electron chi connectivity index (χ3n) is 3.67. The van der Waals surface area contributed by atoms with E-state index in [4.69, 9.17) is 27.7 Å². The van der Waals surface area contributed by atoms with E-state index in [1.54, 1.807) is 0 Å². The highest BCUT2D eigenvalue weighted by atomic mass is 35.5. The lowest BCUT2D eigenvalue weighted by molar-refractivity contribution is -0.00000508. The molecular weight excluding hydrogens is 394 g/mol. The van der Waals surface area contributed by atoms with E-state index in [1.165, 1.54) is 5.54 Å². The Hall–Kier alpha value is -1.50. The quantitative estimate of drug-likeness (QED) is 0.464. The average Bonchev–Trinajstić information content (AvgIpc) is 2.68. The van der Waals surface area contributed by atoms with Gasteiger partial charge in [-0.25, -0.2) is 0 Å². The fourth-order valence-electron chi connectivity index (χ4n) is 2.67. The predicted molar refractivity (Wildman–Crippen MR) is 106 cm³/mol. The van der Waals surface area contributed by atoms with Gasteiger partial charge >= 0.3 is 0 Å². The molecule has 0 aliphatic rings. The van der Waals surface area contributed by atoms with Crippen LogP contribution >= 0.6 is 30.7 Å². The van der Waals surface area contributed by atoms with Crippen molar-refractivity contribution in [2.45, 2.75) is 0 Å². The summed E-state index contributed by atoms with van der Waals surface area (Å²) in [6.45, 7) is 0. The van der Waals surface area contributed by atoms with Gasteiger partial charge in [0, 0.05) is 0 Å². The normalized spacial score (nSPS) is 11.5. The van der Waals surface area contributed by atoms with Gasteiger partial charge in [0.2, 0.25) is 0 Å². The van der Waals surface area contributed by atoms with Crippen LogP contribution < -0.4 is 28.3 Å². The third kappa shape index (κ3) is 4.19. The van der Waals surface area contributed by atoms with Crippen LogP contribution in [0.5, 0.6) is 0 Å². The van der Waals surface area contributed by atoms with Gasteiger partial charge < -0.3 is 16.9 Å². The van der Waals surface area contributed by atoms with Crippen LogP contribution in [0.3, 0.4) is 0 Å². The topological polar surface area (TPSA) is 9.23 Å². The van der Waals surface area contributed by atoms with E-state index in [2.05, 4.69) is 36.4 Å². The maximum absolute atomic E-state index is 6.35. The Morgan fingerprint density at radius 2 is 1.00 bits per heavy atom. The molecular formula is C20H16Cl3OP. The molecule has 3 aromatic carbocycles. The van der Waals surface area contributed by atoms with Gasteiger partial charge in [0.25, 0.3) is 12.7 Å². The van der Waals surface area contributed by atoms with Crippen LogP contribution in [0.1, 0.15) is 0 Å². The number of halogens is 3. The lowest BCUT2D eigenvalue weighted by Gasteiger charge is -2.25. The molecule has 0 spiro atoms. The largest absolute Gasteiger partial charge is 1.00 e. The Bertz CT molecular complexity index is 711. The second kappa shape index (κ2) is 9.27. The van der Waals surface area contributed by atoms with Gasteiger partial charge in [0.15, 0.2) is 0 Å². The fourth-order valence-corrected chi connectivity index (χ4v) is 6.39. The SMILES string of the molecule is ClC=C(Cl)O[P+](c1ccccc1)(c1ccccc1)c1ccccc1.[Cl-]. The number of rotatable bonds is 5. The van der Waals surface area contributed by atoms with Crippen molar-refractivity contribution < 1.29 is 16.9 Å². The summed E-state index contributed by atoms with van der Waals surface area (Å²) in [7, 11) is -2.41. The minimum atomic E-state index is -2.41. The first-order valence-corrected chi connectivity index (χ1v) is 10.0. The zero-order valence-corrected chi connectivity index (χ0v) is 16.4. The zero-order chi connectivity index (χ0) is 16.8. The maximum atomic E-state index is 6.35. The maximum Gasteiger partial charge on any atom is 0.288 e. The van der Waals surface area contributed by atoms with Crippen LogP contribution in [-0.2, 0) is 4.52 Å². The molecule has 0 amide bonds. The van der Waals surface area contributed by atoms with E-state index >= 15 is 0 Å². The van der Waals surface area contributed by atoms with Crippen LogP contribution in [0, 0.1) is 0 Å². The summed E-state index contributed by atoms with van der Waals surface area (Å²) in [5, 5.41) is 3.43. The molecule has 0 fully saturated rings. The van der Waals surface area contributed by atoms with E-state index in [9.17, 15) is 0 Å². The monoisotopic (exact) mass is 408 g/mol. The van der Waals surface area contributed by atoms with Crippen molar-refractivity contribution in [1.29, 1.82) is 0 Å². The number of hydrogen-bond donors (Lipinski definition) is 0. The van der Waals surface area contributed by atoms with Gasteiger partial charge in [-0.3, -0.25) is 0 Å². The molecule has 128 valence electrons. The molecule has 0 saturated carbocycles. The van der Waals surface area contributed by atoms with Gasteiger partial charge in [0.05, 0.1) is 5.54 Å². The second-order valence-corrected chi connectivity index (χ2v) is 8.66. The van der Waals surface area contributed by atoms with E-state index in [1.807, 2.05) is 54.6 Å². The van der Waals surface area contributed by atoms with Crippen molar-refractivity contribution in [2.24, 2.45) is 0 Å². The Morgan fingerprint density at radius 3 is 1.28 bits per heavy atom. The Kier molecular flexibility index (Phi) is 7.35. The highest BCUT2D eigenvalue weighted by Gasteiger charge is 2.49. The van der Waals surface area contributed by atoms with Crippen LogP contribution in [0.2, 0.25) is 0 Å². The first-order valence-electron chi connectivity index (χ1n) is 7.49. The molecule has 3 aromatic rings. The van der Waals surface area contributed by atoms with E-state index in [0.717, 1.165) is 15.9 Å². The van der Waals surface area contributed by atoms with Gasteiger partial charge in [-0.1, -0.05) is 66.2 Å². The lowest BCUT2D eigenvalue weighted by Crippen LogP contribution is -3.00. The minimum Gasteiger partial charge on any atom is -1.00 e. The molecule has 0 N–H and O–H groups in total. The molecule has 3 rings (SSSR count). The van der Waals surface area contributed by atoms with Crippen molar-refractivity contribution in [2.75, 3.05) is 0 Å². The standard InChI is InChI=1S/C20H16Cl2OP.ClH/c21-16-20(22)23-24(17-10-4-1-5-11-17,18-12-6-2-7-13-18)19-14-8-3-9-15-19;/h1-16H;1H/q+1;/p-1. The molecule has 0 radical (unpaired) electrons. The second-order valence-electron chi connectivity index (χ2n) is 5.12. The van der Waals surface area contributed by atoms with Crippen molar-refractivity contribution in [3.8, 4) is 0 Å². The molecule has 0 unspecified atom stereocenters. The molecule has 0 aliphatic heterocycles. The van der Waals surface area contributed by atoms with Gasteiger partial charge in [-0.2, -0.15) is 0 Å². The molecule has 5 heteroatoms. The first kappa shape index (κ1) is 19.8. The lowest BCUT2D eigenvalue weighted by atomic mass is 10.4. The smallest absolute Gasteiger partial charge is 0.288 e. The third-order valence-corrected chi connectivity index (χ3v) is 7.82. The molecule has 0 saturated heterocycles. The Balaban J connectivity index is 0.00000225. The number of hydrogen-bond acceptors (Lipinski definition) is 1. The van der Waals surface area contributed by atoms with E-state index in [-0.39, 0.29) is 17.6 Å². The van der Waals surface area contributed by atoms with E-state index < -0.39 is 7.49 Å². The molecule has 0 bridgehead atoms. The van der Waals surface area contributed by atoms with Crippen LogP contribution in [0.15, 0.2) is 102 Å². The van der Waals surface area contributed by atoms with E-state index in [0.29, 0.717) is 0 Å². The molecule has 0 aromatic heterocycles. The van der Waals surface area contributed by atoms with Gasteiger partial charge in [0.1, 0.15) is 15.9 Å². The highest BCUT2D eigenvalue weighted by molar-refractivity contribution is 7.91. The highest BCUT2D eigenvalue weighted by Crippen LogP contribution is 2.58. The van der Waals surface area contributed by atoms with Gasteiger partial charge in [-0.05, 0) is 48.0 Å². The molecule has 1 nitrogen and oxygen atoms in total. The Morgan fingerprint density at radius 1 is 0.680 bits per heavy atom. The fraction of sp³-hybridized carbons (Fsp3) is 0. The summed E-state index contributed by atoms with van der Waals surface area (Å²) in [6, 6.07) is 30.5. The van der Waals surface area contributed by atoms with Crippen LogP contribution in [0.4, 0.5) is 0 Å². The molecule has 0 heterocycles. The first-order chi connectivity index (χ1) is 11.8. The van der Waals surface area contributed by atoms with Crippen LogP contribution in [-0.4, -0.2) is 0 Å². The summed E-state index contributed by atoms with van der Waals surface area (Å²) < 4.78 is 6.35. The zero-order valence-electron chi connectivity index (χ0n) is 13.2. The number of benzene rings is 3. The van der Waals surface area contributed by atoms with Crippen molar-refractivity contribution in [3.63, 3.8) is 0 Å². The summed E-state index contributed by atoms with van der Waals surface area (Å²) in [5.74, 6) is 0. The predicted octanol–water partition coefficient (Wildman–Crippen LogP) is 2.19. The summed E-state index contributed by atoms with van der Waals surface area (Å²) in [4.78, 5) is 0. The Labute approximate surface area is 165 Å². The minimum absolute atomic E-state index is 0.